The van der Waals surface area contributed by atoms with E-state index in [9.17, 15) is 4.79 Å². The molecule has 23 heavy (non-hydrogen) atoms. The van der Waals surface area contributed by atoms with Crippen molar-refractivity contribution in [2.75, 3.05) is 5.32 Å². The minimum absolute atomic E-state index is 0.290. The molecule has 0 radical (unpaired) electrons. The lowest BCUT2D eigenvalue weighted by molar-refractivity contribution is 0.102. The molecule has 0 aromatic carbocycles. The van der Waals surface area contributed by atoms with Crippen LogP contribution in [0.25, 0.3) is 10.6 Å². The normalized spacial score (nSPS) is 11.0. The number of pyridine rings is 1. The molecule has 3 heterocycles. The summed E-state index contributed by atoms with van der Waals surface area (Å²) in [6.45, 7) is 4.12. The maximum Gasteiger partial charge on any atom is 0.277 e. The van der Waals surface area contributed by atoms with Gasteiger partial charge >= 0.3 is 0 Å². The third-order valence-corrected chi connectivity index (χ3v) is 4.18. The van der Waals surface area contributed by atoms with Gasteiger partial charge in [-0.2, -0.15) is 5.10 Å². The molecule has 0 bridgehead atoms. The number of carbonyl (C=O) groups excluding carboxylic acids is 1. The fourth-order valence-electron chi connectivity index (χ4n) is 2.17. The van der Waals surface area contributed by atoms with E-state index < -0.39 is 0 Å². The van der Waals surface area contributed by atoms with E-state index in [4.69, 9.17) is 0 Å². The van der Waals surface area contributed by atoms with Gasteiger partial charge in [0.2, 0.25) is 5.13 Å². The van der Waals surface area contributed by atoms with Gasteiger partial charge in [0.05, 0.1) is 0 Å². The molecule has 118 valence electrons. The number of hydrogen-bond donors (Lipinski definition) is 1. The van der Waals surface area contributed by atoms with Crippen molar-refractivity contribution >= 4 is 22.4 Å². The summed E-state index contributed by atoms with van der Waals surface area (Å²) in [6, 6.07) is 5.52. The smallest absolute Gasteiger partial charge is 0.277 e. The van der Waals surface area contributed by atoms with Crippen LogP contribution in [0, 0.1) is 0 Å². The standard InChI is InChI=1S/C15H16N6OS/c1-9(2)12-7-11(20-21(12)3)13(22)17-15-19-18-14(23-15)10-5-4-6-16-8-10/h4-9H,1-3H3,(H,17,19,22). The summed E-state index contributed by atoms with van der Waals surface area (Å²) in [5.74, 6) is 0.00847. The van der Waals surface area contributed by atoms with Crippen molar-refractivity contribution in [1.82, 2.24) is 25.0 Å². The Morgan fingerprint density at radius 2 is 2.17 bits per heavy atom. The first-order chi connectivity index (χ1) is 11.0. The van der Waals surface area contributed by atoms with Crippen molar-refractivity contribution in [1.29, 1.82) is 0 Å². The Balaban J connectivity index is 1.76. The average Bonchev–Trinajstić information content (AvgIpc) is 3.15. The lowest BCUT2D eigenvalue weighted by atomic mass is 10.1. The highest BCUT2D eigenvalue weighted by atomic mass is 32.1. The highest BCUT2D eigenvalue weighted by Gasteiger charge is 2.16. The number of hydrogen-bond acceptors (Lipinski definition) is 6. The first kappa shape index (κ1) is 15.3. The molecule has 1 amide bonds. The molecular formula is C15H16N6OS. The van der Waals surface area contributed by atoms with Crippen molar-refractivity contribution in [3.05, 3.63) is 42.0 Å². The van der Waals surface area contributed by atoms with E-state index in [-0.39, 0.29) is 5.91 Å². The second kappa shape index (κ2) is 6.25. The highest BCUT2D eigenvalue weighted by molar-refractivity contribution is 7.18. The molecule has 0 unspecified atom stereocenters. The zero-order valence-corrected chi connectivity index (χ0v) is 13.8. The van der Waals surface area contributed by atoms with Crippen LogP contribution in [0.5, 0.6) is 0 Å². The van der Waals surface area contributed by atoms with Gasteiger partial charge in [-0.25, -0.2) is 0 Å². The lowest BCUT2D eigenvalue weighted by Gasteiger charge is -2.02. The summed E-state index contributed by atoms with van der Waals surface area (Å²) in [5.41, 5.74) is 2.24. The number of carbonyl (C=O) groups is 1. The average molecular weight is 328 g/mol. The van der Waals surface area contributed by atoms with E-state index in [0.717, 1.165) is 11.3 Å². The van der Waals surface area contributed by atoms with E-state index in [1.165, 1.54) is 11.3 Å². The van der Waals surface area contributed by atoms with E-state index >= 15 is 0 Å². The van der Waals surface area contributed by atoms with Crippen LogP contribution >= 0.6 is 11.3 Å². The fourth-order valence-corrected chi connectivity index (χ4v) is 2.90. The van der Waals surface area contributed by atoms with E-state index in [2.05, 4.69) is 39.4 Å². The maximum atomic E-state index is 12.3. The van der Waals surface area contributed by atoms with Crippen LogP contribution in [-0.2, 0) is 7.05 Å². The maximum absolute atomic E-state index is 12.3. The van der Waals surface area contributed by atoms with Gasteiger partial charge in [0.15, 0.2) is 10.7 Å². The van der Waals surface area contributed by atoms with Gasteiger partial charge < -0.3 is 0 Å². The summed E-state index contributed by atoms with van der Waals surface area (Å²) in [7, 11) is 1.83. The molecule has 3 aromatic rings. The van der Waals surface area contributed by atoms with Crippen molar-refractivity contribution in [2.24, 2.45) is 7.05 Å². The highest BCUT2D eigenvalue weighted by Crippen LogP contribution is 2.25. The second-order valence-corrected chi connectivity index (χ2v) is 6.32. The molecule has 8 heteroatoms. The number of amides is 1. The SMILES string of the molecule is CC(C)c1cc(C(=O)Nc2nnc(-c3cccnc3)s2)nn1C. The van der Waals surface area contributed by atoms with Crippen molar-refractivity contribution < 1.29 is 4.79 Å². The van der Waals surface area contributed by atoms with Gasteiger partial charge in [-0.1, -0.05) is 25.2 Å². The molecular weight excluding hydrogens is 312 g/mol. The molecule has 0 spiro atoms. The summed E-state index contributed by atoms with van der Waals surface area (Å²) in [4.78, 5) is 16.3. The Morgan fingerprint density at radius 1 is 1.35 bits per heavy atom. The van der Waals surface area contributed by atoms with Crippen LogP contribution in [0.4, 0.5) is 5.13 Å². The van der Waals surface area contributed by atoms with Crippen LogP contribution in [0.2, 0.25) is 0 Å². The third kappa shape index (κ3) is 3.26. The van der Waals surface area contributed by atoms with E-state index in [0.29, 0.717) is 21.8 Å². The molecule has 3 aromatic heterocycles. The Bertz CT molecular complexity index is 824. The van der Waals surface area contributed by atoms with Gasteiger partial charge in [0.1, 0.15) is 0 Å². The minimum Gasteiger partial charge on any atom is -0.295 e. The molecule has 0 aliphatic rings. The fraction of sp³-hybridized carbons (Fsp3) is 0.267. The van der Waals surface area contributed by atoms with Crippen LogP contribution < -0.4 is 5.32 Å². The third-order valence-electron chi connectivity index (χ3n) is 3.29. The first-order valence-electron chi connectivity index (χ1n) is 7.14. The molecule has 3 rings (SSSR count). The zero-order chi connectivity index (χ0) is 16.4. The van der Waals surface area contributed by atoms with Crippen molar-refractivity contribution in [2.45, 2.75) is 19.8 Å². The predicted octanol–water partition coefficient (Wildman–Crippen LogP) is 2.71. The first-order valence-corrected chi connectivity index (χ1v) is 7.95. The van der Waals surface area contributed by atoms with Gasteiger partial charge in [-0.3, -0.25) is 19.8 Å². The zero-order valence-electron chi connectivity index (χ0n) is 13.0. The summed E-state index contributed by atoms with van der Waals surface area (Å²) in [5, 5.41) is 16.2. The minimum atomic E-state index is -0.290. The Kier molecular flexibility index (Phi) is 4.16. The molecule has 1 N–H and O–H groups in total. The number of rotatable bonds is 4. The monoisotopic (exact) mass is 328 g/mol. The van der Waals surface area contributed by atoms with Gasteiger partial charge in [-0.05, 0) is 24.1 Å². The lowest BCUT2D eigenvalue weighted by Crippen LogP contribution is -2.12. The molecule has 0 atom stereocenters. The number of aryl methyl sites for hydroxylation is 1. The topological polar surface area (TPSA) is 85.6 Å². The Labute approximate surface area is 137 Å². The quantitative estimate of drug-likeness (QED) is 0.796. The van der Waals surface area contributed by atoms with Gasteiger partial charge in [0.25, 0.3) is 5.91 Å². The van der Waals surface area contributed by atoms with Crippen LogP contribution in [0.15, 0.2) is 30.6 Å². The molecule has 0 saturated heterocycles. The predicted molar refractivity (Wildman–Crippen MR) is 88.4 cm³/mol. The summed E-state index contributed by atoms with van der Waals surface area (Å²) in [6.07, 6.45) is 3.40. The molecule has 0 fully saturated rings. The number of nitrogens with zero attached hydrogens (tertiary/aromatic N) is 5. The largest absolute Gasteiger partial charge is 0.295 e. The number of nitrogens with one attached hydrogen (secondary N) is 1. The van der Waals surface area contributed by atoms with E-state index in [1.54, 1.807) is 23.1 Å². The molecule has 0 aliphatic carbocycles. The molecule has 7 nitrogen and oxygen atoms in total. The number of aromatic nitrogens is 5. The summed E-state index contributed by atoms with van der Waals surface area (Å²) >= 11 is 1.30. The second-order valence-electron chi connectivity index (χ2n) is 5.34. The van der Waals surface area contributed by atoms with Gasteiger partial charge in [-0.15, -0.1) is 10.2 Å². The number of anilines is 1. The Morgan fingerprint density at radius 3 is 2.83 bits per heavy atom. The van der Waals surface area contributed by atoms with Crippen LogP contribution in [-0.4, -0.2) is 30.9 Å². The van der Waals surface area contributed by atoms with Crippen molar-refractivity contribution in [3.8, 4) is 10.6 Å². The van der Waals surface area contributed by atoms with E-state index in [1.807, 2.05) is 19.2 Å². The Hall–Kier alpha value is -2.61. The molecule has 0 saturated carbocycles. The summed E-state index contributed by atoms with van der Waals surface area (Å²) < 4.78 is 1.72. The van der Waals surface area contributed by atoms with Crippen LogP contribution in [0.3, 0.4) is 0 Å². The van der Waals surface area contributed by atoms with Crippen LogP contribution in [0.1, 0.15) is 35.9 Å². The molecule has 0 aliphatic heterocycles. The van der Waals surface area contributed by atoms with Gasteiger partial charge in [0, 0.05) is 30.7 Å². The van der Waals surface area contributed by atoms with Crippen molar-refractivity contribution in [3.63, 3.8) is 0 Å².